The fraction of sp³-hybridized carbons (Fsp3) is 0.0500. The van der Waals surface area contributed by atoms with E-state index in [0.29, 0.717) is 32.6 Å². The van der Waals surface area contributed by atoms with Crippen molar-refractivity contribution in [3.63, 3.8) is 0 Å². The van der Waals surface area contributed by atoms with E-state index in [1.54, 1.807) is 18.2 Å². The van der Waals surface area contributed by atoms with Crippen molar-refractivity contribution >= 4 is 46.8 Å². The number of carboxylic acid groups (broad SMARTS) is 1. The lowest BCUT2D eigenvalue weighted by Crippen LogP contribution is -2.15. The number of halogens is 2. The first kappa shape index (κ1) is 19.5. The molecule has 140 valence electrons. The van der Waals surface area contributed by atoms with Crippen LogP contribution in [0.5, 0.6) is 5.75 Å². The topological polar surface area (TPSA) is 99.4 Å². The molecule has 0 spiro atoms. The third kappa shape index (κ3) is 4.34. The first-order chi connectivity index (χ1) is 13.4. The second-order valence-corrected chi connectivity index (χ2v) is 6.66. The van der Waals surface area contributed by atoms with E-state index < -0.39 is 11.9 Å². The standard InChI is InChI=1S/C20H12Cl2N2O4/c21-15-7-13-5-11(10-28-18(13)17(22)8-15)6-14(9-23)19(25)24-16-3-1-12(2-4-16)20(26)27/h1-8H,10H2,(H,24,25)(H,26,27). The number of rotatable bonds is 4. The maximum Gasteiger partial charge on any atom is 0.335 e. The molecule has 6 nitrogen and oxygen atoms in total. The SMILES string of the molecule is N#CC(=CC1=Cc2cc(Cl)cc(Cl)c2OC1)C(=O)Nc1ccc(C(=O)O)cc1. The van der Waals surface area contributed by atoms with Crippen molar-refractivity contribution in [2.45, 2.75) is 0 Å². The summed E-state index contributed by atoms with van der Waals surface area (Å²) in [5.74, 6) is -1.20. The Morgan fingerprint density at radius 1 is 1.21 bits per heavy atom. The number of anilines is 1. The minimum absolute atomic E-state index is 0.0922. The van der Waals surface area contributed by atoms with Gasteiger partial charge < -0.3 is 15.2 Å². The number of amides is 1. The van der Waals surface area contributed by atoms with Crippen LogP contribution in [0.2, 0.25) is 10.0 Å². The highest BCUT2D eigenvalue weighted by Crippen LogP contribution is 2.36. The Morgan fingerprint density at radius 3 is 2.57 bits per heavy atom. The molecule has 3 rings (SSSR count). The van der Waals surface area contributed by atoms with Crippen LogP contribution >= 0.6 is 23.2 Å². The lowest BCUT2D eigenvalue weighted by Gasteiger charge is -2.18. The van der Waals surface area contributed by atoms with Gasteiger partial charge in [-0.25, -0.2) is 4.79 Å². The lowest BCUT2D eigenvalue weighted by molar-refractivity contribution is -0.112. The van der Waals surface area contributed by atoms with Gasteiger partial charge in [-0.15, -0.1) is 0 Å². The largest absolute Gasteiger partial charge is 0.487 e. The Labute approximate surface area is 170 Å². The molecule has 0 saturated carbocycles. The van der Waals surface area contributed by atoms with Gasteiger partial charge in [-0.05, 0) is 54.1 Å². The molecule has 0 aromatic heterocycles. The number of hydrogen-bond donors (Lipinski definition) is 2. The highest BCUT2D eigenvalue weighted by molar-refractivity contribution is 6.36. The quantitative estimate of drug-likeness (QED) is 0.564. The lowest BCUT2D eigenvalue weighted by atomic mass is 10.0. The van der Waals surface area contributed by atoms with Crippen LogP contribution in [0.25, 0.3) is 6.08 Å². The second kappa shape index (κ2) is 8.17. The Bertz CT molecular complexity index is 1070. The fourth-order valence-corrected chi connectivity index (χ4v) is 3.11. The highest BCUT2D eigenvalue weighted by Gasteiger charge is 2.17. The molecule has 0 aliphatic carbocycles. The minimum Gasteiger partial charge on any atom is -0.487 e. The number of carboxylic acids is 1. The molecule has 0 unspecified atom stereocenters. The van der Waals surface area contributed by atoms with E-state index in [2.05, 4.69) is 5.32 Å². The predicted octanol–water partition coefficient (Wildman–Crippen LogP) is 4.56. The van der Waals surface area contributed by atoms with Crippen molar-refractivity contribution in [1.82, 2.24) is 0 Å². The summed E-state index contributed by atoms with van der Waals surface area (Å²) in [4.78, 5) is 23.2. The van der Waals surface area contributed by atoms with Gasteiger partial charge in [0.1, 0.15) is 24.0 Å². The van der Waals surface area contributed by atoms with Gasteiger partial charge in [-0.1, -0.05) is 23.2 Å². The molecule has 1 heterocycles. The van der Waals surface area contributed by atoms with Gasteiger partial charge in [0, 0.05) is 16.3 Å². The molecular weight excluding hydrogens is 403 g/mol. The van der Waals surface area contributed by atoms with Crippen LogP contribution in [0.4, 0.5) is 5.69 Å². The van der Waals surface area contributed by atoms with Crippen molar-refractivity contribution in [1.29, 1.82) is 5.26 Å². The first-order valence-corrected chi connectivity index (χ1v) is 8.72. The van der Waals surface area contributed by atoms with Crippen LogP contribution < -0.4 is 10.1 Å². The van der Waals surface area contributed by atoms with Crippen LogP contribution in [0, 0.1) is 11.3 Å². The van der Waals surface area contributed by atoms with Gasteiger partial charge in [-0.2, -0.15) is 5.26 Å². The van der Waals surface area contributed by atoms with E-state index in [1.807, 2.05) is 6.07 Å². The van der Waals surface area contributed by atoms with Crippen LogP contribution in [0.15, 0.2) is 53.6 Å². The Balaban J connectivity index is 1.81. The van der Waals surface area contributed by atoms with Crippen molar-refractivity contribution in [2.24, 2.45) is 0 Å². The van der Waals surface area contributed by atoms with Gasteiger partial charge in [0.25, 0.3) is 5.91 Å². The molecule has 0 radical (unpaired) electrons. The van der Waals surface area contributed by atoms with E-state index >= 15 is 0 Å². The molecule has 1 aliphatic heterocycles. The summed E-state index contributed by atoms with van der Waals surface area (Å²) in [6, 6.07) is 10.7. The van der Waals surface area contributed by atoms with Crippen molar-refractivity contribution in [3.8, 4) is 11.8 Å². The third-order valence-corrected chi connectivity index (χ3v) is 4.34. The zero-order chi connectivity index (χ0) is 20.3. The maximum absolute atomic E-state index is 12.4. The summed E-state index contributed by atoms with van der Waals surface area (Å²) >= 11 is 12.1. The first-order valence-electron chi connectivity index (χ1n) is 7.96. The molecule has 2 aromatic carbocycles. The molecule has 0 fully saturated rings. The number of carbonyl (C=O) groups excluding carboxylic acids is 1. The average Bonchev–Trinajstić information content (AvgIpc) is 2.66. The fourth-order valence-electron chi connectivity index (χ4n) is 2.55. The Hall–Kier alpha value is -3.27. The normalized spacial score (nSPS) is 12.9. The van der Waals surface area contributed by atoms with Crippen LogP contribution in [0.3, 0.4) is 0 Å². The predicted molar refractivity (Wildman–Crippen MR) is 106 cm³/mol. The van der Waals surface area contributed by atoms with Gasteiger partial charge >= 0.3 is 5.97 Å². The number of carbonyl (C=O) groups is 2. The number of ether oxygens (including phenoxy) is 1. The number of nitrogens with one attached hydrogen (secondary N) is 1. The molecule has 28 heavy (non-hydrogen) atoms. The van der Waals surface area contributed by atoms with E-state index in [1.165, 1.54) is 30.3 Å². The van der Waals surface area contributed by atoms with Crippen LogP contribution in [-0.4, -0.2) is 23.6 Å². The van der Waals surface area contributed by atoms with E-state index in [0.717, 1.165) is 0 Å². The minimum atomic E-state index is -1.07. The second-order valence-electron chi connectivity index (χ2n) is 5.82. The molecule has 1 aliphatic rings. The molecule has 0 bridgehead atoms. The monoisotopic (exact) mass is 414 g/mol. The van der Waals surface area contributed by atoms with Gasteiger partial charge in [0.05, 0.1) is 10.6 Å². The molecule has 2 N–H and O–H groups in total. The van der Waals surface area contributed by atoms with Crippen molar-refractivity contribution < 1.29 is 19.4 Å². The van der Waals surface area contributed by atoms with Crippen LogP contribution in [-0.2, 0) is 4.79 Å². The Kier molecular flexibility index (Phi) is 5.69. The summed E-state index contributed by atoms with van der Waals surface area (Å²) in [6.45, 7) is 0.139. The van der Waals surface area contributed by atoms with Crippen molar-refractivity contribution in [3.05, 3.63) is 74.8 Å². The van der Waals surface area contributed by atoms with Crippen molar-refractivity contribution in [2.75, 3.05) is 11.9 Å². The number of aromatic carboxylic acids is 1. The molecule has 0 atom stereocenters. The van der Waals surface area contributed by atoms with E-state index in [9.17, 15) is 14.9 Å². The third-order valence-electron chi connectivity index (χ3n) is 3.85. The van der Waals surface area contributed by atoms with Gasteiger partial charge in [-0.3, -0.25) is 4.79 Å². The maximum atomic E-state index is 12.4. The molecule has 0 saturated heterocycles. The van der Waals surface area contributed by atoms with E-state index in [-0.39, 0.29) is 17.7 Å². The number of nitrogens with zero attached hydrogens (tertiary/aromatic N) is 1. The van der Waals surface area contributed by atoms with E-state index in [4.69, 9.17) is 33.0 Å². The summed E-state index contributed by atoms with van der Waals surface area (Å²) in [6.07, 6.45) is 3.15. The molecule has 1 amide bonds. The molecule has 2 aromatic rings. The summed E-state index contributed by atoms with van der Waals surface area (Å²) in [5, 5.41) is 21.6. The van der Waals surface area contributed by atoms with Gasteiger partial charge in [0.2, 0.25) is 0 Å². The smallest absolute Gasteiger partial charge is 0.335 e. The zero-order valence-corrected chi connectivity index (χ0v) is 15.7. The summed E-state index contributed by atoms with van der Waals surface area (Å²) < 4.78 is 5.60. The zero-order valence-electron chi connectivity index (χ0n) is 14.2. The average molecular weight is 415 g/mol. The number of benzene rings is 2. The van der Waals surface area contributed by atoms with Gasteiger partial charge in [0.15, 0.2) is 0 Å². The number of fused-ring (bicyclic) bond motifs is 1. The number of nitriles is 1. The summed E-state index contributed by atoms with van der Waals surface area (Å²) in [7, 11) is 0. The highest BCUT2D eigenvalue weighted by atomic mass is 35.5. The molecular formula is C20H12Cl2N2O4. The number of hydrogen-bond acceptors (Lipinski definition) is 4. The van der Waals surface area contributed by atoms with Crippen LogP contribution in [0.1, 0.15) is 15.9 Å². The Morgan fingerprint density at radius 2 is 1.93 bits per heavy atom. The molecule has 8 heteroatoms. The summed E-state index contributed by atoms with van der Waals surface area (Å²) in [5.41, 5.74) is 1.58.